The predicted molar refractivity (Wildman–Crippen MR) is 79.7 cm³/mol. The Kier molecular flexibility index (Phi) is 3.27. The molecule has 0 radical (unpaired) electrons. The number of rotatable bonds is 2. The predicted octanol–water partition coefficient (Wildman–Crippen LogP) is 3.87. The second kappa shape index (κ2) is 4.80. The van der Waals surface area contributed by atoms with Gasteiger partial charge in [-0.3, -0.25) is 0 Å². The molecular formula is C15H20ClN3. The van der Waals surface area contributed by atoms with Crippen LogP contribution in [0, 0.1) is 0 Å². The molecule has 1 aromatic heterocycles. The van der Waals surface area contributed by atoms with Crippen LogP contribution in [0.1, 0.15) is 50.9 Å². The lowest BCUT2D eigenvalue weighted by atomic mass is 10.0. The van der Waals surface area contributed by atoms with Crippen molar-refractivity contribution in [1.29, 1.82) is 0 Å². The fraction of sp³-hybridized carbons (Fsp3) is 0.533. The van der Waals surface area contributed by atoms with Crippen molar-refractivity contribution in [2.75, 3.05) is 0 Å². The first-order chi connectivity index (χ1) is 9.09. The maximum absolute atomic E-state index is 6.37. The Hall–Kier alpha value is -1.06. The maximum atomic E-state index is 6.37. The molecular weight excluding hydrogens is 258 g/mol. The van der Waals surface area contributed by atoms with Crippen LogP contribution >= 0.6 is 11.6 Å². The molecule has 2 N–H and O–H groups in total. The average molecular weight is 278 g/mol. The Balaban J connectivity index is 2.24. The van der Waals surface area contributed by atoms with Gasteiger partial charge in [0.15, 0.2) is 0 Å². The molecule has 1 aliphatic carbocycles. The maximum Gasteiger partial charge on any atom is 0.114 e. The molecule has 0 amide bonds. The van der Waals surface area contributed by atoms with Gasteiger partial charge in [-0.25, -0.2) is 4.98 Å². The number of halogens is 1. The van der Waals surface area contributed by atoms with Gasteiger partial charge < -0.3 is 10.3 Å². The number of hydrogen-bond donors (Lipinski definition) is 1. The van der Waals surface area contributed by atoms with Crippen LogP contribution in [0.15, 0.2) is 18.2 Å². The van der Waals surface area contributed by atoms with E-state index in [0.29, 0.717) is 12.0 Å². The van der Waals surface area contributed by atoms with E-state index >= 15 is 0 Å². The van der Waals surface area contributed by atoms with Gasteiger partial charge in [0, 0.05) is 18.0 Å². The van der Waals surface area contributed by atoms with E-state index in [1.165, 1.54) is 6.42 Å². The van der Waals surface area contributed by atoms with E-state index < -0.39 is 0 Å². The van der Waals surface area contributed by atoms with Gasteiger partial charge in [-0.05, 0) is 38.8 Å². The van der Waals surface area contributed by atoms with Crippen LogP contribution < -0.4 is 5.73 Å². The van der Waals surface area contributed by atoms with Gasteiger partial charge in [-0.2, -0.15) is 0 Å². The number of imidazole rings is 1. The quantitative estimate of drug-likeness (QED) is 0.906. The summed E-state index contributed by atoms with van der Waals surface area (Å²) < 4.78 is 2.27. The summed E-state index contributed by atoms with van der Waals surface area (Å²) in [6, 6.07) is 6.49. The van der Waals surface area contributed by atoms with Gasteiger partial charge in [-0.1, -0.05) is 24.1 Å². The van der Waals surface area contributed by atoms with E-state index in [1.807, 2.05) is 18.2 Å². The van der Waals surface area contributed by atoms with Crippen molar-refractivity contribution >= 4 is 22.6 Å². The highest BCUT2D eigenvalue weighted by atomic mass is 35.5. The number of nitrogens with two attached hydrogens (primary N) is 1. The molecule has 1 heterocycles. The third kappa shape index (κ3) is 2.05. The van der Waals surface area contributed by atoms with Crippen LogP contribution in [0.5, 0.6) is 0 Å². The minimum Gasteiger partial charge on any atom is -0.327 e. The monoisotopic (exact) mass is 277 g/mol. The van der Waals surface area contributed by atoms with Crippen LogP contribution in [0.2, 0.25) is 5.02 Å². The Morgan fingerprint density at radius 1 is 1.37 bits per heavy atom. The SMILES string of the molecule is CC(C)n1c(C2CCCC2N)nc2cccc(Cl)c21. The van der Waals surface area contributed by atoms with E-state index in [9.17, 15) is 0 Å². The standard InChI is InChI=1S/C15H20ClN3/c1-9(2)19-14-11(16)6-4-8-13(14)18-15(19)10-5-3-7-12(10)17/h4,6,8-10,12H,3,5,7,17H2,1-2H3. The summed E-state index contributed by atoms with van der Waals surface area (Å²) >= 11 is 6.37. The molecule has 102 valence electrons. The van der Waals surface area contributed by atoms with Crippen molar-refractivity contribution in [3.05, 3.63) is 29.0 Å². The Morgan fingerprint density at radius 2 is 2.16 bits per heavy atom. The van der Waals surface area contributed by atoms with Crippen molar-refractivity contribution in [2.24, 2.45) is 5.73 Å². The van der Waals surface area contributed by atoms with Gasteiger partial charge in [0.05, 0.1) is 16.1 Å². The number of fused-ring (bicyclic) bond motifs is 1. The molecule has 2 aromatic rings. The van der Waals surface area contributed by atoms with E-state index in [-0.39, 0.29) is 6.04 Å². The lowest BCUT2D eigenvalue weighted by Crippen LogP contribution is -2.25. The molecule has 0 saturated heterocycles. The molecule has 0 aliphatic heterocycles. The molecule has 2 unspecified atom stereocenters. The van der Waals surface area contributed by atoms with E-state index in [1.54, 1.807) is 0 Å². The summed E-state index contributed by atoms with van der Waals surface area (Å²) in [4.78, 5) is 4.83. The zero-order valence-electron chi connectivity index (χ0n) is 11.4. The third-order valence-corrected chi connectivity index (χ3v) is 4.41. The molecule has 4 heteroatoms. The molecule has 1 saturated carbocycles. The smallest absolute Gasteiger partial charge is 0.114 e. The summed E-state index contributed by atoms with van der Waals surface area (Å²) in [6.07, 6.45) is 3.43. The minimum absolute atomic E-state index is 0.230. The molecule has 0 spiro atoms. The van der Waals surface area contributed by atoms with E-state index in [0.717, 1.165) is 34.7 Å². The molecule has 1 aromatic carbocycles. The summed E-state index contributed by atoms with van der Waals surface area (Å²) in [7, 11) is 0. The van der Waals surface area contributed by atoms with Crippen LogP contribution in [0.25, 0.3) is 11.0 Å². The zero-order valence-corrected chi connectivity index (χ0v) is 12.2. The van der Waals surface area contributed by atoms with Crippen LogP contribution in [0.4, 0.5) is 0 Å². The summed E-state index contributed by atoms with van der Waals surface area (Å²) in [5.74, 6) is 1.48. The normalized spacial score (nSPS) is 23.6. The second-order valence-corrected chi connectivity index (χ2v) is 6.15. The highest BCUT2D eigenvalue weighted by molar-refractivity contribution is 6.35. The van der Waals surface area contributed by atoms with Gasteiger partial charge >= 0.3 is 0 Å². The lowest BCUT2D eigenvalue weighted by Gasteiger charge is -2.20. The van der Waals surface area contributed by atoms with Crippen molar-refractivity contribution in [3.63, 3.8) is 0 Å². The third-order valence-electron chi connectivity index (χ3n) is 4.11. The molecule has 2 atom stereocenters. The highest BCUT2D eigenvalue weighted by Crippen LogP contribution is 2.37. The fourth-order valence-electron chi connectivity index (χ4n) is 3.22. The number of hydrogen-bond acceptors (Lipinski definition) is 2. The summed E-state index contributed by atoms with van der Waals surface area (Å²) in [5, 5.41) is 0.775. The van der Waals surface area contributed by atoms with Crippen LogP contribution in [-0.2, 0) is 0 Å². The lowest BCUT2D eigenvalue weighted by molar-refractivity contribution is 0.510. The van der Waals surface area contributed by atoms with Gasteiger partial charge in [0.1, 0.15) is 5.82 Å². The number of aromatic nitrogens is 2. The molecule has 19 heavy (non-hydrogen) atoms. The fourth-order valence-corrected chi connectivity index (χ4v) is 3.48. The first kappa shape index (κ1) is 12.9. The largest absolute Gasteiger partial charge is 0.327 e. The molecule has 1 fully saturated rings. The molecule has 0 bridgehead atoms. The van der Waals surface area contributed by atoms with Gasteiger partial charge in [0.2, 0.25) is 0 Å². The molecule has 1 aliphatic rings. The van der Waals surface area contributed by atoms with E-state index in [4.69, 9.17) is 22.3 Å². The highest BCUT2D eigenvalue weighted by Gasteiger charge is 2.31. The van der Waals surface area contributed by atoms with Crippen LogP contribution in [0.3, 0.4) is 0 Å². The number of benzene rings is 1. The van der Waals surface area contributed by atoms with Crippen LogP contribution in [-0.4, -0.2) is 15.6 Å². The topological polar surface area (TPSA) is 43.8 Å². The van der Waals surface area contributed by atoms with Gasteiger partial charge in [0.25, 0.3) is 0 Å². The zero-order chi connectivity index (χ0) is 13.6. The first-order valence-electron chi connectivity index (χ1n) is 7.01. The number of para-hydroxylation sites is 1. The average Bonchev–Trinajstić information content (AvgIpc) is 2.92. The Bertz CT molecular complexity index is 603. The van der Waals surface area contributed by atoms with E-state index in [2.05, 4.69) is 18.4 Å². The minimum atomic E-state index is 0.230. The van der Waals surface area contributed by atoms with Crippen molar-refractivity contribution in [3.8, 4) is 0 Å². The Labute approximate surface area is 118 Å². The first-order valence-corrected chi connectivity index (χ1v) is 7.39. The van der Waals surface area contributed by atoms with Crippen molar-refractivity contribution in [2.45, 2.75) is 51.1 Å². The van der Waals surface area contributed by atoms with Gasteiger partial charge in [-0.15, -0.1) is 0 Å². The number of nitrogens with zero attached hydrogens (tertiary/aromatic N) is 2. The second-order valence-electron chi connectivity index (χ2n) is 5.74. The molecule has 3 rings (SSSR count). The molecule has 3 nitrogen and oxygen atoms in total. The van der Waals surface area contributed by atoms with Crippen molar-refractivity contribution < 1.29 is 0 Å². The summed E-state index contributed by atoms with van der Waals surface area (Å²) in [6.45, 7) is 4.35. The Morgan fingerprint density at radius 3 is 2.79 bits per heavy atom. The van der Waals surface area contributed by atoms with Crippen molar-refractivity contribution in [1.82, 2.24) is 9.55 Å². The summed E-state index contributed by atoms with van der Waals surface area (Å²) in [5.41, 5.74) is 8.28.